The summed E-state index contributed by atoms with van der Waals surface area (Å²) in [4.78, 5) is 36.6. The average Bonchev–Trinajstić information content (AvgIpc) is 2.96. The maximum atomic E-state index is 12.6. The molecule has 1 saturated heterocycles. The summed E-state index contributed by atoms with van der Waals surface area (Å²) in [6, 6.07) is 3.40. The minimum Gasteiger partial charge on any atom is -0.452 e. The van der Waals surface area contributed by atoms with E-state index in [4.69, 9.17) is 4.74 Å². The van der Waals surface area contributed by atoms with Crippen molar-refractivity contribution in [3.8, 4) is 0 Å². The zero-order chi connectivity index (χ0) is 21.1. The number of benzene rings is 1. The van der Waals surface area contributed by atoms with Gasteiger partial charge in [0.05, 0.1) is 22.0 Å². The Morgan fingerprint density at radius 2 is 2.04 bits per heavy atom. The van der Waals surface area contributed by atoms with Crippen LogP contribution in [0.4, 0.5) is 5.69 Å². The zero-order valence-electron chi connectivity index (χ0n) is 16.1. The van der Waals surface area contributed by atoms with Gasteiger partial charge in [-0.05, 0) is 31.4 Å². The van der Waals surface area contributed by atoms with Crippen LogP contribution >= 0.6 is 0 Å². The first kappa shape index (κ1) is 21.8. The summed E-state index contributed by atoms with van der Waals surface area (Å²) < 4.78 is 28.6. The van der Waals surface area contributed by atoms with Gasteiger partial charge in [0.25, 0.3) is 11.6 Å². The molecule has 1 aliphatic heterocycles. The van der Waals surface area contributed by atoms with Crippen LogP contribution in [0.2, 0.25) is 0 Å². The standard InChI is InChI=1S/C18H24N2O7S/c1-12(2)9-19(15-6-7-28(25,26)11-15)17(21)10-27-18(22)14-4-5-16(20(23)24)13(3)8-14/h4-5,8,12,15H,6-7,9-11H2,1-3H3/t15-/m0/s1. The van der Waals surface area contributed by atoms with Crippen molar-refractivity contribution >= 4 is 27.4 Å². The summed E-state index contributed by atoms with van der Waals surface area (Å²) in [6.45, 7) is 5.18. The maximum absolute atomic E-state index is 12.6. The van der Waals surface area contributed by atoms with Crippen LogP contribution in [0.15, 0.2) is 18.2 Å². The second-order valence-electron chi connectivity index (χ2n) is 7.33. The van der Waals surface area contributed by atoms with Crippen molar-refractivity contribution in [3.05, 3.63) is 39.4 Å². The lowest BCUT2D eigenvalue weighted by molar-refractivity contribution is -0.385. The molecule has 28 heavy (non-hydrogen) atoms. The fourth-order valence-corrected chi connectivity index (χ4v) is 4.88. The molecule has 0 unspecified atom stereocenters. The summed E-state index contributed by atoms with van der Waals surface area (Å²) in [5.41, 5.74) is 0.302. The van der Waals surface area contributed by atoms with E-state index < -0.39 is 39.3 Å². The molecule has 0 aromatic heterocycles. The van der Waals surface area contributed by atoms with Crippen LogP contribution in [0.25, 0.3) is 0 Å². The molecule has 0 saturated carbocycles. The van der Waals surface area contributed by atoms with E-state index >= 15 is 0 Å². The molecular weight excluding hydrogens is 388 g/mol. The third-order valence-corrected chi connectivity index (χ3v) is 6.24. The molecule has 0 spiro atoms. The number of carbonyl (C=O) groups excluding carboxylic acids is 2. The molecule has 1 aromatic carbocycles. The van der Waals surface area contributed by atoms with E-state index in [1.807, 2.05) is 13.8 Å². The van der Waals surface area contributed by atoms with Crippen molar-refractivity contribution < 1.29 is 27.7 Å². The van der Waals surface area contributed by atoms with Crippen molar-refractivity contribution in [2.75, 3.05) is 24.7 Å². The van der Waals surface area contributed by atoms with E-state index in [9.17, 15) is 28.1 Å². The lowest BCUT2D eigenvalue weighted by Crippen LogP contribution is -2.45. The van der Waals surface area contributed by atoms with Crippen molar-refractivity contribution in [3.63, 3.8) is 0 Å². The van der Waals surface area contributed by atoms with E-state index in [0.717, 1.165) is 0 Å². The van der Waals surface area contributed by atoms with E-state index in [-0.39, 0.29) is 28.7 Å². The smallest absolute Gasteiger partial charge is 0.338 e. The highest BCUT2D eigenvalue weighted by molar-refractivity contribution is 7.91. The normalized spacial score (nSPS) is 18.1. The molecule has 9 nitrogen and oxygen atoms in total. The number of hydrogen-bond donors (Lipinski definition) is 0. The van der Waals surface area contributed by atoms with Gasteiger partial charge in [0.2, 0.25) is 0 Å². The summed E-state index contributed by atoms with van der Waals surface area (Å²) in [5.74, 6) is -1.14. The highest BCUT2D eigenvalue weighted by atomic mass is 32.2. The Bertz CT molecular complexity index is 880. The van der Waals surface area contributed by atoms with E-state index in [1.165, 1.54) is 30.0 Å². The molecule has 1 heterocycles. The van der Waals surface area contributed by atoms with Gasteiger partial charge < -0.3 is 9.64 Å². The van der Waals surface area contributed by atoms with Gasteiger partial charge in [0.15, 0.2) is 16.4 Å². The number of ether oxygens (including phenoxy) is 1. The minimum atomic E-state index is -3.16. The van der Waals surface area contributed by atoms with Crippen LogP contribution in [0.3, 0.4) is 0 Å². The van der Waals surface area contributed by atoms with Crippen molar-refractivity contribution in [1.29, 1.82) is 0 Å². The molecule has 1 amide bonds. The van der Waals surface area contributed by atoms with E-state index in [1.54, 1.807) is 0 Å². The van der Waals surface area contributed by atoms with E-state index in [2.05, 4.69) is 0 Å². The van der Waals surface area contributed by atoms with Crippen molar-refractivity contribution in [2.24, 2.45) is 5.92 Å². The van der Waals surface area contributed by atoms with Crippen LogP contribution < -0.4 is 0 Å². The Morgan fingerprint density at radius 3 is 2.54 bits per heavy atom. The number of carbonyl (C=O) groups is 2. The Kier molecular flexibility index (Phi) is 6.76. The van der Waals surface area contributed by atoms with Gasteiger partial charge in [0, 0.05) is 24.2 Å². The number of sulfone groups is 1. The first-order chi connectivity index (χ1) is 13.0. The first-order valence-corrected chi connectivity index (χ1v) is 10.7. The minimum absolute atomic E-state index is 0.0431. The van der Waals surface area contributed by atoms with E-state index in [0.29, 0.717) is 18.5 Å². The van der Waals surface area contributed by atoms with Crippen molar-refractivity contribution in [1.82, 2.24) is 4.90 Å². The highest BCUT2D eigenvalue weighted by Crippen LogP contribution is 2.21. The number of nitrogens with zero attached hydrogens (tertiary/aromatic N) is 2. The number of nitro benzene ring substituents is 1. The van der Waals surface area contributed by atoms with Gasteiger partial charge in [0.1, 0.15) is 0 Å². The van der Waals surface area contributed by atoms with Gasteiger partial charge in [-0.25, -0.2) is 13.2 Å². The van der Waals surface area contributed by atoms with Gasteiger partial charge >= 0.3 is 5.97 Å². The van der Waals surface area contributed by atoms with Gasteiger partial charge in [-0.1, -0.05) is 13.8 Å². The number of nitro groups is 1. The number of rotatable bonds is 7. The summed E-state index contributed by atoms with van der Waals surface area (Å²) >= 11 is 0. The van der Waals surface area contributed by atoms with Crippen LogP contribution in [0.5, 0.6) is 0 Å². The summed E-state index contributed by atoms with van der Waals surface area (Å²) in [7, 11) is -3.16. The average molecular weight is 412 g/mol. The fraction of sp³-hybridized carbons (Fsp3) is 0.556. The lowest BCUT2D eigenvalue weighted by atomic mass is 10.1. The third kappa shape index (κ3) is 5.51. The molecule has 0 aliphatic carbocycles. The Balaban J connectivity index is 2.04. The predicted molar refractivity (Wildman–Crippen MR) is 102 cm³/mol. The van der Waals surface area contributed by atoms with Gasteiger partial charge in [-0.15, -0.1) is 0 Å². The number of aryl methyl sites for hydroxylation is 1. The Hall–Kier alpha value is -2.49. The van der Waals surface area contributed by atoms with Gasteiger partial charge in [-0.2, -0.15) is 0 Å². The molecule has 0 N–H and O–H groups in total. The molecule has 10 heteroatoms. The van der Waals surface area contributed by atoms with Crippen LogP contribution in [0.1, 0.15) is 36.2 Å². The lowest BCUT2D eigenvalue weighted by Gasteiger charge is -2.29. The predicted octanol–water partition coefficient (Wildman–Crippen LogP) is 1.73. The third-order valence-electron chi connectivity index (χ3n) is 4.49. The molecule has 0 radical (unpaired) electrons. The molecule has 2 rings (SSSR count). The molecular formula is C18H24N2O7S. The molecule has 1 aromatic rings. The van der Waals surface area contributed by atoms with Gasteiger partial charge in [-0.3, -0.25) is 14.9 Å². The molecule has 0 bridgehead atoms. The number of esters is 1. The monoisotopic (exact) mass is 412 g/mol. The second-order valence-corrected chi connectivity index (χ2v) is 9.56. The van der Waals surface area contributed by atoms with Crippen LogP contribution in [-0.2, 0) is 19.4 Å². The second kappa shape index (κ2) is 8.68. The first-order valence-electron chi connectivity index (χ1n) is 8.92. The highest BCUT2D eigenvalue weighted by Gasteiger charge is 2.35. The Labute approximate surface area is 163 Å². The quantitative estimate of drug-likeness (QED) is 0.379. The van der Waals surface area contributed by atoms with Crippen LogP contribution in [0, 0.1) is 23.0 Å². The molecule has 1 aliphatic rings. The Morgan fingerprint density at radius 1 is 1.36 bits per heavy atom. The molecule has 1 atom stereocenters. The topological polar surface area (TPSA) is 124 Å². The molecule has 1 fully saturated rings. The largest absolute Gasteiger partial charge is 0.452 e. The van der Waals surface area contributed by atoms with Crippen LogP contribution in [-0.4, -0.2) is 60.8 Å². The zero-order valence-corrected chi connectivity index (χ0v) is 16.9. The molecule has 154 valence electrons. The summed E-state index contributed by atoms with van der Waals surface area (Å²) in [6.07, 6.45) is 0.371. The number of amides is 1. The fourth-order valence-electron chi connectivity index (χ4n) is 3.15. The summed E-state index contributed by atoms with van der Waals surface area (Å²) in [5, 5.41) is 10.8. The SMILES string of the molecule is Cc1cc(C(=O)OCC(=O)N(CC(C)C)[C@H]2CCS(=O)(=O)C2)ccc1[N+](=O)[O-]. The van der Waals surface area contributed by atoms with Crippen molar-refractivity contribution in [2.45, 2.75) is 33.2 Å². The number of hydrogen-bond acceptors (Lipinski definition) is 7. The maximum Gasteiger partial charge on any atom is 0.338 e.